The van der Waals surface area contributed by atoms with E-state index < -0.39 is 6.10 Å². The van der Waals surface area contributed by atoms with Crippen molar-refractivity contribution in [1.29, 1.82) is 5.26 Å². The fourth-order valence-electron chi connectivity index (χ4n) is 2.22. The molecule has 0 spiro atoms. The molecule has 4 nitrogen and oxygen atoms in total. The Hall–Kier alpha value is -2.58. The number of fused-ring (bicyclic) bond motifs is 1. The second kappa shape index (κ2) is 7.12. The van der Waals surface area contributed by atoms with Crippen LogP contribution in [0.3, 0.4) is 0 Å². The first-order chi connectivity index (χ1) is 11.3. The van der Waals surface area contributed by atoms with Gasteiger partial charge in [-0.3, -0.25) is 0 Å². The second-order valence-corrected chi connectivity index (χ2v) is 6.16. The maximum absolute atomic E-state index is 8.98. The number of ether oxygens (including phenoxy) is 1. The molecule has 0 amide bonds. The number of nitrogens with zero attached hydrogens (tertiary/aromatic N) is 2. The number of benzene rings is 2. The zero-order valence-electron chi connectivity index (χ0n) is 12.8. The van der Waals surface area contributed by atoms with Gasteiger partial charge in [0.1, 0.15) is 11.8 Å². The van der Waals surface area contributed by atoms with E-state index in [9.17, 15) is 0 Å². The molecule has 1 N–H and O–H groups in total. The van der Waals surface area contributed by atoms with Crippen LogP contribution in [-0.2, 0) is 6.54 Å². The fraction of sp³-hybridized carbons (Fsp3) is 0.222. The van der Waals surface area contributed by atoms with Crippen molar-refractivity contribution in [2.45, 2.75) is 26.0 Å². The fourth-order valence-corrected chi connectivity index (χ4v) is 3.08. The second-order valence-electron chi connectivity index (χ2n) is 5.13. The molecule has 1 aromatic heterocycles. The van der Waals surface area contributed by atoms with Gasteiger partial charge in [-0.1, -0.05) is 42.5 Å². The highest BCUT2D eigenvalue weighted by atomic mass is 32.1. The van der Waals surface area contributed by atoms with Crippen LogP contribution in [0.15, 0.2) is 48.5 Å². The first-order valence-electron chi connectivity index (χ1n) is 7.53. The largest absolute Gasteiger partial charge is 0.476 e. The molecule has 116 valence electrons. The molecule has 0 radical (unpaired) electrons. The number of rotatable bonds is 6. The van der Waals surface area contributed by atoms with Gasteiger partial charge in [-0.25, -0.2) is 4.98 Å². The third kappa shape index (κ3) is 3.79. The monoisotopic (exact) mass is 323 g/mol. The highest BCUT2D eigenvalue weighted by Crippen LogP contribution is 2.26. The van der Waals surface area contributed by atoms with E-state index in [0.717, 1.165) is 22.0 Å². The molecule has 3 rings (SSSR count). The van der Waals surface area contributed by atoms with E-state index in [0.29, 0.717) is 13.0 Å². The van der Waals surface area contributed by atoms with Gasteiger partial charge in [0.15, 0.2) is 11.2 Å². The van der Waals surface area contributed by atoms with Crippen molar-refractivity contribution in [3.63, 3.8) is 0 Å². The van der Waals surface area contributed by atoms with E-state index in [-0.39, 0.29) is 0 Å². The lowest BCUT2D eigenvalue weighted by molar-refractivity contribution is 0.251. The van der Waals surface area contributed by atoms with Crippen molar-refractivity contribution in [1.82, 2.24) is 4.98 Å². The van der Waals surface area contributed by atoms with Crippen LogP contribution in [0.1, 0.15) is 18.9 Å². The summed E-state index contributed by atoms with van der Waals surface area (Å²) in [4.78, 5) is 4.56. The van der Waals surface area contributed by atoms with E-state index in [2.05, 4.69) is 22.4 Å². The number of anilines is 1. The molecule has 0 bridgehead atoms. The highest BCUT2D eigenvalue weighted by Gasteiger charge is 2.07. The topological polar surface area (TPSA) is 57.9 Å². The predicted molar refractivity (Wildman–Crippen MR) is 93.7 cm³/mol. The number of aromatic nitrogens is 1. The Morgan fingerprint density at radius 2 is 2.13 bits per heavy atom. The first-order valence-corrected chi connectivity index (χ1v) is 8.35. The number of thiazole rings is 1. The van der Waals surface area contributed by atoms with Crippen LogP contribution in [-0.4, -0.2) is 11.1 Å². The lowest BCUT2D eigenvalue weighted by Gasteiger charge is -2.11. The Morgan fingerprint density at radius 1 is 1.26 bits per heavy atom. The zero-order valence-corrected chi connectivity index (χ0v) is 13.6. The maximum atomic E-state index is 8.98. The Labute approximate surface area is 139 Å². The minimum absolute atomic E-state index is 0.400. The number of nitriles is 1. The minimum atomic E-state index is -0.400. The van der Waals surface area contributed by atoms with Crippen molar-refractivity contribution in [2.75, 3.05) is 5.32 Å². The van der Waals surface area contributed by atoms with Gasteiger partial charge >= 0.3 is 0 Å². The van der Waals surface area contributed by atoms with Crippen LogP contribution >= 0.6 is 11.3 Å². The van der Waals surface area contributed by atoms with Gasteiger partial charge in [-0.2, -0.15) is 5.26 Å². The molecule has 0 aliphatic carbocycles. The molecule has 1 heterocycles. The Bertz CT molecular complexity index is 804. The van der Waals surface area contributed by atoms with Gasteiger partial charge in [0, 0.05) is 6.54 Å². The summed E-state index contributed by atoms with van der Waals surface area (Å²) in [6.45, 7) is 2.60. The van der Waals surface area contributed by atoms with Gasteiger partial charge in [-0.05, 0) is 36.2 Å². The van der Waals surface area contributed by atoms with E-state index in [1.165, 1.54) is 4.70 Å². The molecule has 2 aromatic carbocycles. The Balaban J connectivity index is 1.67. The standard InChI is InChI=1S/C18H17N3OS/c1-2-14(11-19)22-15-7-5-6-13(10-15)12-20-18-21-16-8-3-4-9-17(16)23-18/h3-10,14H,2,12H2,1H3,(H,20,21). The number of hydrogen-bond donors (Lipinski definition) is 1. The first kappa shape index (κ1) is 15.3. The molecule has 5 heteroatoms. The van der Waals surface area contributed by atoms with Crippen molar-refractivity contribution in [3.05, 3.63) is 54.1 Å². The molecule has 1 unspecified atom stereocenters. The number of nitrogens with one attached hydrogen (secondary N) is 1. The van der Waals surface area contributed by atoms with E-state index in [4.69, 9.17) is 10.00 Å². The number of hydrogen-bond acceptors (Lipinski definition) is 5. The lowest BCUT2D eigenvalue weighted by atomic mass is 10.2. The van der Waals surface area contributed by atoms with Crippen LogP contribution in [0.25, 0.3) is 10.2 Å². The molecule has 23 heavy (non-hydrogen) atoms. The van der Waals surface area contributed by atoms with Gasteiger partial charge < -0.3 is 10.1 Å². The highest BCUT2D eigenvalue weighted by molar-refractivity contribution is 7.22. The smallest absolute Gasteiger partial charge is 0.184 e. The van der Waals surface area contributed by atoms with Gasteiger partial charge in [0.05, 0.1) is 10.2 Å². The van der Waals surface area contributed by atoms with Crippen LogP contribution in [0.4, 0.5) is 5.13 Å². The predicted octanol–water partition coefficient (Wildman–Crippen LogP) is 4.59. The summed E-state index contributed by atoms with van der Waals surface area (Å²) in [5.41, 5.74) is 2.10. The molecular weight excluding hydrogens is 306 g/mol. The Morgan fingerprint density at radius 3 is 2.91 bits per heavy atom. The zero-order chi connectivity index (χ0) is 16.1. The van der Waals surface area contributed by atoms with Crippen LogP contribution in [0.5, 0.6) is 5.75 Å². The molecule has 0 saturated heterocycles. The summed E-state index contributed by atoms with van der Waals surface area (Å²) in [5, 5.41) is 13.2. The molecule has 0 saturated carbocycles. The van der Waals surface area contributed by atoms with E-state index >= 15 is 0 Å². The van der Waals surface area contributed by atoms with Gasteiger partial charge in [0.2, 0.25) is 0 Å². The van der Waals surface area contributed by atoms with Crippen molar-refractivity contribution >= 4 is 26.7 Å². The van der Waals surface area contributed by atoms with Crippen molar-refractivity contribution < 1.29 is 4.74 Å². The molecule has 0 fully saturated rings. The lowest BCUT2D eigenvalue weighted by Crippen LogP contribution is -2.12. The normalized spacial score (nSPS) is 11.8. The molecule has 3 aromatic rings. The van der Waals surface area contributed by atoms with Crippen LogP contribution in [0, 0.1) is 11.3 Å². The maximum Gasteiger partial charge on any atom is 0.184 e. The summed E-state index contributed by atoms with van der Waals surface area (Å²) in [6, 6.07) is 18.0. The quantitative estimate of drug-likeness (QED) is 0.721. The van der Waals surface area contributed by atoms with Crippen molar-refractivity contribution in [3.8, 4) is 11.8 Å². The average molecular weight is 323 g/mol. The van der Waals surface area contributed by atoms with E-state index in [1.807, 2.05) is 49.4 Å². The summed E-state index contributed by atoms with van der Waals surface area (Å²) < 4.78 is 6.82. The third-order valence-electron chi connectivity index (χ3n) is 3.43. The molecule has 0 aliphatic rings. The number of para-hydroxylation sites is 1. The third-order valence-corrected chi connectivity index (χ3v) is 4.42. The van der Waals surface area contributed by atoms with Crippen LogP contribution in [0.2, 0.25) is 0 Å². The van der Waals surface area contributed by atoms with Crippen LogP contribution < -0.4 is 10.1 Å². The van der Waals surface area contributed by atoms with Crippen molar-refractivity contribution in [2.24, 2.45) is 0 Å². The molecular formula is C18H17N3OS. The minimum Gasteiger partial charge on any atom is -0.476 e. The molecule has 0 aliphatic heterocycles. The molecule has 1 atom stereocenters. The Kier molecular flexibility index (Phi) is 4.74. The average Bonchev–Trinajstić information content (AvgIpc) is 3.01. The summed E-state index contributed by atoms with van der Waals surface area (Å²) in [5.74, 6) is 0.724. The summed E-state index contributed by atoms with van der Waals surface area (Å²) in [7, 11) is 0. The summed E-state index contributed by atoms with van der Waals surface area (Å²) >= 11 is 1.64. The van der Waals surface area contributed by atoms with Gasteiger partial charge in [-0.15, -0.1) is 0 Å². The SMILES string of the molecule is CCC(C#N)Oc1cccc(CNc2nc3ccccc3s2)c1. The van der Waals surface area contributed by atoms with E-state index in [1.54, 1.807) is 11.3 Å². The van der Waals surface area contributed by atoms with Gasteiger partial charge in [0.25, 0.3) is 0 Å². The summed E-state index contributed by atoms with van der Waals surface area (Å²) in [6.07, 6.45) is 0.271.